The summed E-state index contributed by atoms with van der Waals surface area (Å²) in [5.74, 6) is -0.0373. The molecule has 32 heavy (non-hydrogen) atoms. The molecule has 0 aliphatic carbocycles. The molecule has 0 aliphatic heterocycles. The Morgan fingerprint density at radius 1 is 1.22 bits per heavy atom. The van der Waals surface area contributed by atoms with Crippen LogP contribution >= 0.6 is 11.6 Å². The number of aromatic nitrogens is 3. The molecule has 3 heterocycles. The smallest absolute Gasteiger partial charge is 0.252 e. The highest BCUT2D eigenvalue weighted by molar-refractivity contribution is 6.31. The van der Waals surface area contributed by atoms with Crippen LogP contribution in [0.4, 0.5) is 5.69 Å². The minimum atomic E-state index is -0.821. The van der Waals surface area contributed by atoms with Crippen molar-refractivity contribution in [2.75, 3.05) is 12.4 Å². The van der Waals surface area contributed by atoms with Crippen LogP contribution < -0.4 is 15.6 Å². The Labute approximate surface area is 188 Å². The molecule has 0 spiro atoms. The lowest BCUT2D eigenvalue weighted by atomic mass is 10.0. The topological polar surface area (TPSA) is 101 Å². The van der Waals surface area contributed by atoms with Crippen molar-refractivity contribution < 1.29 is 9.53 Å². The fourth-order valence-electron chi connectivity index (χ4n) is 3.41. The summed E-state index contributed by atoms with van der Waals surface area (Å²) in [7, 11) is 1.45. The second kappa shape index (κ2) is 8.57. The van der Waals surface area contributed by atoms with Crippen LogP contribution in [0.15, 0.2) is 66.0 Å². The molecule has 9 heteroatoms. The Balaban J connectivity index is 1.68. The van der Waals surface area contributed by atoms with E-state index in [2.05, 4.69) is 16.4 Å². The largest absolute Gasteiger partial charge is 0.495 e. The van der Waals surface area contributed by atoms with E-state index in [-0.39, 0.29) is 5.91 Å². The lowest BCUT2D eigenvalue weighted by Crippen LogP contribution is -2.31. The quantitative estimate of drug-likeness (QED) is 0.500. The second-order valence-corrected chi connectivity index (χ2v) is 7.51. The van der Waals surface area contributed by atoms with Crippen LogP contribution in [0.2, 0.25) is 5.02 Å². The average Bonchev–Trinajstić information content (AvgIpc) is 3.26. The van der Waals surface area contributed by atoms with E-state index in [4.69, 9.17) is 16.3 Å². The maximum atomic E-state index is 12.9. The number of rotatable bonds is 5. The predicted octanol–water partition coefficient (Wildman–Crippen LogP) is 3.90. The van der Waals surface area contributed by atoms with Crippen molar-refractivity contribution in [3.63, 3.8) is 0 Å². The summed E-state index contributed by atoms with van der Waals surface area (Å²) < 4.78 is 8.53. The van der Waals surface area contributed by atoms with Crippen molar-refractivity contribution in [2.45, 2.75) is 13.0 Å². The Kier molecular flexibility index (Phi) is 5.67. The van der Waals surface area contributed by atoms with E-state index in [0.717, 1.165) is 5.65 Å². The second-order valence-electron chi connectivity index (χ2n) is 7.08. The van der Waals surface area contributed by atoms with Crippen molar-refractivity contribution in [1.82, 2.24) is 14.0 Å². The molecule has 0 saturated carbocycles. The van der Waals surface area contributed by atoms with E-state index in [1.54, 1.807) is 60.2 Å². The summed E-state index contributed by atoms with van der Waals surface area (Å²) in [6.07, 6.45) is 6.63. The molecule has 0 radical (unpaired) electrons. The van der Waals surface area contributed by atoms with Crippen LogP contribution in [-0.4, -0.2) is 27.0 Å². The van der Waals surface area contributed by atoms with E-state index in [0.29, 0.717) is 33.1 Å². The van der Waals surface area contributed by atoms with Crippen molar-refractivity contribution >= 4 is 28.8 Å². The highest BCUT2D eigenvalue weighted by atomic mass is 35.5. The number of carbonyl (C=O) groups is 1. The molecule has 0 fully saturated rings. The fraction of sp³-hybridized carbons (Fsp3) is 0.130. The molecular weight excluding hydrogens is 430 g/mol. The van der Waals surface area contributed by atoms with Crippen molar-refractivity contribution in [2.24, 2.45) is 0 Å². The number of nitriles is 1. The number of halogens is 1. The van der Waals surface area contributed by atoms with Gasteiger partial charge in [0.15, 0.2) is 0 Å². The third-order valence-electron chi connectivity index (χ3n) is 5.11. The first-order chi connectivity index (χ1) is 15.4. The number of amides is 1. The maximum Gasteiger partial charge on any atom is 0.252 e. The zero-order valence-electron chi connectivity index (χ0n) is 17.2. The summed E-state index contributed by atoms with van der Waals surface area (Å²) in [4.78, 5) is 29.9. The van der Waals surface area contributed by atoms with Gasteiger partial charge < -0.3 is 14.5 Å². The minimum absolute atomic E-state index is 0.336. The molecule has 4 rings (SSSR count). The number of hydrogen-bond donors (Lipinski definition) is 1. The molecule has 160 valence electrons. The van der Waals surface area contributed by atoms with Gasteiger partial charge in [-0.05, 0) is 37.3 Å². The summed E-state index contributed by atoms with van der Waals surface area (Å²) in [6.45, 7) is 1.62. The van der Waals surface area contributed by atoms with Crippen LogP contribution in [0, 0.1) is 11.3 Å². The number of pyridine rings is 2. The van der Waals surface area contributed by atoms with Gasteiger partial charge >= 0.3 is 0 Å². The summed E-state index contributed by atoms with van der Waals surface area (Å²) in [5, 5.41) is 12.7. The number of nitrogens with one attached hydrogen (secondary N) is 1. The standard InChI is InChI=1S/C23H18ClN5O3/c1-14(23(31)27-17-5-6-21-26-7-8-28(21)12-17)29-13-20(32-2)19(10-22(29)30)18-9-16(24)4-3-15(18)11-25/h3-10,12-14H,1-2H3,(H,27,31). The molecular formula is C23H18ClN5O3. The van der Waals surface area contributed by atoms with Gasteiger partial charge in [-0.15, -0.1) is 0 Å². The molecule has 0 bridgehead atoms. The van der Waals surface area contributed by atoms with E-state index < -0.39 is 11.6 Å². The number of hydrogen-bond acceptors (Lipinski definition) is 5. The SMILES string of the molecule is COc1cn(C(C)C(=O)Nc2ccc3nccn3c2)c(=O)cc1-c1cc(Cl)ccc1C#N. The Morgan fingerprint density at radius 2 is 2.03 bits per heavy atom. The zero-order valence-corrected chi connectivity index (χ0v) is 18.0. The molecule has 1 aromatic carbocycles. The van der Waals surface area contributed by atoms with Crippen LogP contribution in [-0.2, 0) is 4.79 Å². The van der Waals surface area contributed by atoms with Gasteiger partial charge in [0.05, 0.1) is 30.6 Å². The van der Waals surface area contributed by atoms with Gasteiger partial charge in [0.2, 0.25) is 5.91 Å². The molecule has 0 saturated heterocycles. The van der Waals surface area contributed by atoms with Crippen LogP contribution in [0.5, 0.6) is 5.75 Å². The number of benzene rings is 1. The van der Waals surface area contributed by atoms with Gasteiger partial charge in [0, 0.05) is 40.8 Å². The van der Waals surface area contributed by atoms with Crippen molar-refractivity contribution in [3.05, 3.63) is 82.1 Å². The maximum absolute atomic E-state index is 12.9. The van der Waals surface area contributed by atoms with E-state index in [1.165, 1.54) is 23.9 Å². The normalized spacial score (nSPS) is 11.7. The number of methoxy groups -OCH3 is 1. The van der Waals surface area contributed by atoms with Gasteiger partial charge in [0.25, 0.3) is 5.56 Å². The van der Waals surface area contributed by atoms with E-state index >= 15 is 0 Å². The number of nitrogens with zero attached hydrogens (tertiary/aromatic N) is 4. The van der Waals surface area contributed by atoms with Gasteiger partial charge in [0.1, 0.15) is 17.4 Å². The van der Waals surface area contributed by atoms with E-state index in [9.17, 15) is 14.9 Å². The summed E-state index contributed by atoms with van der Waals surface area (Å²) >= 11 is 6.10. The molecule has 1 amide bonds. The molecule has 0 aliphatic rings. The molecule has 3 aromatic heterocycles. The molecule has 1 unspecified atom stereocenters. The Hall–Kier alpha value is -4.09. The number of carbonyl (C=O) groups excluding carboxylic acids is 1. The minimum Gasteiger partial charge on any atom is -0.495 e. The van der Waals surface area contributed by atoms with Crippen molar-refractivity contribution in [1.29, 1.82) is 5.26 Å². The fourth-order valence-corrected chi connectivity index (χ4v) is 3.58. The predicted molar refractivity (Wildman–Crippen MR) is 121 cm³/mol. The zero-order chi connectivity index (χ0) is 22.8. The van der Waals surface area contributed by atoms with E-state index in [1.807, 2.05) is 0 Å². The number of ether oxygens (including phenoxy) is 1. The lowest BCUT2D eigenvalue weighted by Gasteiger charge is -2.18. The van der Waals surface area contributed by atoms with Gasteiger partial charge in [-0.1, -0.05) is 11.6 Å². The summed E-state index contributed by atoms with van der Waals surface area (Å²) in [5.41, 5.74) is 2.16. The highest BCUT2D eigenvalue weighted by Gasteiger charge is 2.20. The van der Waals surface area contributed by atoms with Crippen LogP contribution in [0.1, 0.15) is 18.5 Å². The molecule has 4 aromatic rings. The Bertz CT molecular complexity index is 1430. The van der Waals surface area contributed by atoms with Crippen LogP contribution in [0.3, 0.4) is 0 Å². The first-order valence-electron chi connectivity index (χ1n) is 9.65. The number of imidazole rings is 1. The third kappa shape index (κ3) is 3.94. The third-order valence-corrected chi connectivity index (χ3v) is 5.34. The van der Waals surface area contributed by atoms with Gasteiger partial charge in [-0.3, -0.25) is 14.2 Å². The molecule has 1 atom stereocenters. The average molecular weight is 448 g/mol. The first-order valence-corrected chi connectivity index (χ1v) is 10.0. The lowest BCUT2D eigenvalue weighted by molar-refractivity contribution is -0.118. The van der Waals surface area contributed by atoms with Crippen molar-refractivity contribution in [3.8, 4) is 22.9 Å². The van der Waals surface area contributed by atoms with Crippen LogP contribution in [0.25, 0.3) is 16.8 Å². The van der Waals surface area contributed by atoms with Gasteiger partial charge in [-0.25, -0.2) is 4.98 Å². The highest BCUT2D eigenvalue weighted by Crippen LogP contribution is 2.33. The molecule has 1 N–H and O–H groups in total. The first kappa shape index (κ1) is 21.2. The monoisotopic (exact) mass is 447 g/mol. The van der Waals surface area contributed by atoms with Gasteiger partial charge in [-0.2, -0.15) is 5.26 Å². The number of fused-ring (bicyclic) bond motifs is 1. The molecule has 8 nitrogen and oxygen atoms in total. The number of anilines is 1. The summed E-state index contributed by atoms with van der Waals surface area (Å²) in [6, 6.07) is 10.9. The Morgan fingerprint density at radius 3 is 2.78 bits per heavy atom.